The highest BCUT2D eigenvalue weighted by Crippen LogP contribution is 2.32. The molecule has 0 aliphatic heterocycles. The second-order valence-electron chi connectivity index (χ2n) is 5.18. The van der Waals surface area contributed by atoms with E-state index in [0.717, 1.165) is 18.8 Å². The molecule has 1 amide bonds. The van der Waals surface area contributed by atoms with Crippen LogP contribution in [-0.2, 0) is 4.79 Å². The molecule has 1 saturated carbocycles. The van der Waals surface area contributed by atoms with Crippen LogP contribution in [0.5, 0.6) is 0 Å². The van der Waals surface area contributed by atoms with E-state index in [-0.39, 0.29) is 11.8 Å². The van der Waals surface area contributed by atoms with Gasteiger partial charge in [0.05, 0.1) is 0 Å². The van der Waals surface area contributed by atoms with Crippen LogP contribution in [0.15, 0.2) is 6.33 Å². The second-order valence-corrected chi connectivity index (χ2v) is 5.18. The number of nitrogens with zero attached hydrogens (tertiary/aromatic N) is 2. The molecule has 5 nitrogen and oxygen atoms in total. The van der Waals surface area contributed by atoms with Crippen molar-refractivity contribution in [1.82, 2.24) is 15.2 Å². The Bertz CT molecular complexity index is 355. The Morgan fingerprint density at radius 1 is 1.44 bits per heavy atom. The number of hydrogen-bond acceptors (Lipinski definition) is 3. The molecule has 1 aliphatic carbocycles. The van der Waals surface area contributed by atoms with Gasteiger partial charge in [-0.15, -0.1) is 0 Å². The van der Waals surface area contributed by atoms with E-state index in [4.69, 9.17) is 0 Å². The molecule has 100 valence electrons. The van der Waals surface area contributed by atoms with E-state index in [2.05, 4.69) is 27.4 Å². The van der Waals surface area contributed by atoms with Gasteiger partial charge < -0.3 is 0 Å². The zero-order valence-electron chi connectivity index (χ0n) is 11.0. The summed E-state index contributed by atoms with van der Waals surface area (Å²) in [4.78, 5) is 15.9. The maximum atomic E-state index is 12.0. The Labute approximate surface area is 108 Å². The first-order valence-electron chi connectivity index (χ1n) is 6.95. The summed E-state index contributed by atoms with van der Waals surface area (Å²) in [6.07, 6.45) is 9.71. The van der Waals surface area contributed by atoms with E-state index in [9.17, 15) is 4.79 Å². The predicted molar refractivity (Wildman–Crippen MR) is 70.0 cm³/mol. The highest BCUT2D eigenvalue weighted by Gasteiger charge is 2.26. The molecule has 1 aromatic rings. The van der Waals surface area contributed by atoms with E-state index >= 15 is 0 Å². The molecule has 0 atom stereocenters. The molecule has 0 bridgehead atoms. The van der Waals surface area contributed by atoms with Crippen molar-refractivity contribution in [2.75, 3.05) is 5.32 Å². The average molecular weight is 250 g/mol. The maximum Gasteiger partial charge on any atom is 0.229 e. The number of anilines is 1. The van der Waals surface area contributed by atoms with Gasteiger partial charge in [-0.05, 0) is 31.6 Å². The zero-order chi connectivity index (χ0) is 12.8. The third-order valence-electron chi connectivity index (χ3n) is 3.84. The standard InChI is InChI=1S/C13H22N4O/c1-2-3-4-10-5-7-11(8-6-10)12(18)16-13-14-9-15-17-13/h9-11H,2-8H2,1H3,(H2,14,15,16,17,18). The maximum absolute atomic E-state index is 12.0. The summed E-state index contributed by atoms with van der Waals surface area (Å²) in [5.74, 6) is 1.51. The number of carbonyl (C=O) groups excluding carboxylic acids is 1. The van der Waals surface area contributed by atoms with E-state index in [0.29, 0.717) is 5.95 Å². The smallest absolute Gasteiger partial charge is 0.229 e. The number of amides is 1. The number of unbranched alkanes of at least 4 members (excludes halogenated alkanes) is 1. The first-order valence-corrected chi connectivity index (χ1v) is 6.95. The van der Waals surface area contributed by atoms with E-state index < -0.39 is 0 Å². The van der Waals surface area contributed by atoms with Gasteiger partial charge in [0.1, 0.15) is 6.33 Å². The number of rotatable bonds is 5. The minimum Gasteiger partial charge on any atom is -0.295 e. The van der Waals surface area contributed by atoms with Gasteiger partial charge in [0.2, 0.25) is 11.9 Å². The Morgan fingerprint density at radius 3 is 2.83 bits per heavy atom. The molecule has 1 aromatic heterocycles. The molecule has 1 aliphatic rings. The van der Waals surface area contributed by atoms with Crippen LogP contribution in [0.2, 0.25) is 0 Å². The van der Waals surface area contributed by atoms with Crippen molar-refractivity contribution in [2.24, 2.45) is 11.8 Å². The minimum atomic E-state index is 0.0840. The Hall–Kier alpha value is -1.39. The quantitative estimate of drug-likeness (QED) is 0.844. The number of aromatic amines is 1. The normalized spacial score (nSPS) is 23.8. The van der Waals surface area contributed by atoms with Crippen molar-refractivity contribution in [3.63, 3.8) is 0 Å². The third kappa shape index (κ3) is 3.55. The summed E-state index contributed by atoms with van der Waals surface area (Å²) >= 11 is 0. The van der Waals surface area contributed by atoms with Crippen molar-refractivity contribution in [3.8, 4) is 0 Å². The van der Waals surface area contributed by atoms with Crippen LogP contribution in [0, 0.1) is 11.8 Å². The summed E-state index contributed by atoms with van der Waals surface area (Å²) in [6.45, 7) is 2.23. The monoisotopic (exact) mass is 250 g/mol. The fourth-order valence-corrected chi connectivity index (χ4v) is 2.69. The van der Waals surface area contributed by atoms with Crippen molar-refractivity contribution < 1.29 is 4.79 Å². The summed E-state index contributed by atoms with van der Waals surface area (Å²) < 4.78 is 0. The van der Waals surface area contributed by atoms with Gasteiger partial charge in [0.15, 0.2) is 0 Å². The summed E-state index contributed by atoms with van der Waals surface area (Å²) in [7, 11) is 0. The molecule has 0 unspecified atom stereocenters. The number of hydrogen-bond donors (Lipinski definition) is 2. The molecule has 2 N–H and O–H groups in total. The van der Waals surface area contributed by atoms with Crippen molar-refractivity contribution >= 4 is 11.9 Å². The SMILES string of the molecule is CCCCC1CCC(C(=O)Nc2ncn[nH]2)CC1. The number of nitrogens with one attached hydrogen (secondary N) is 2. The zero-order valence-corrected chi connectivity index (χ0v) is 11.0. The lowest BCUT2D eigenvalue weighted by Crippen LogP contribution is -2.27. The van der Waals surface area contributed by atoms with Crippen LogP contribution in [0.4, 0.5) is 5.95 Å². The lowest BCUT2D eigenvalue weighted by molar-refractivity contribution is -0.121. The number of H-pyrrole nitrogens is 1. The molecule has 18 heavy (non-hydrogen) atoms. The molecule has 1 heterocycles. The largest absolute Gasteiger partial charge is 0.295 e. The molecule has 0 radical (unpaired) electrons. The molecule has 5 heteroatoms. The predicted octanol–water partition coefficient (Wildman–Crippen LogP) is 2.74. The lowest BCUT2D eigenvalue weighted by atomic mass is 9.79. The van der Waals surface area contributed by atoms with Gasteiger partial charge in [-0.3, -0.25) is 10.1 Å². The fraction of sp³-hybridized carbons (Fsp3) is 0.769. The van der Waals surface area contributed by atoms with E-state index in [1.165, 1.54) is 38.4 Å². The lowest BCUT2D eigenvalue weighted by Gasteiger charge is -2.27. The van der Waals surface area contributed by atoms with Crippen molar-refractivity contribution in [2.45, 2.75) is 51.9 Å². The number of aromatic nitrogens is 3. The van der Waals surface area contributed by atoms with Gasteiger partial charge in [0, 0.05) is 5.92 Å². The van der Waals surface area contributed by atoms with Crippen LogP contribution >= 0.6 is 0 Å². The van der Waals surface area contributed by atoms with Crippen LogP contribution in [0.3, 0.4) is 0 Å². The Balaban J connectivity index is 1.73. The van der Waals surface area contributed by atoms with Crippen molar-refractivity contribution in [3.05, 3.63) is 6.33 Å². The second kappa shape index (κ2) is 6.52. The summed E-state index contributed by atoms with van der Waals surface area (Å²) in [5.41, 5.74) is 0. The van der Waals surface area contributed by atoms with Gasteiger partial charge in [-0.2, -0.15) is 10.1 Å². The summed E-state index contributed by atoms with van der Waals surface area (Å²) in [6, 6.07) is 0. The van der Waals surface area contributed by atoms with Gasteiger partial charge in [0.25, 0.3) is 0 Å². The van der Waals surface area contributed by atoms with Gasteiger partial charge in [-0.25, -0.2) is 5.10 Å². The molecule has 0 saturated heterocycles. The van der Waals surface area contributed by atoms with Gasteiger partial charge in [-0.1, -0.05) is 26.2 Å². The van der Waals surface area contributed by atoms with Crippen LogP contribution in [-0.4, -0.2) is 21.1 Å². The molecule has 2 rings (SSSR count). The molecular weight excluding hydrogens is 228 g/mol. The van der Waals surface area contributed by atoms with Crippen LogP contribution < -0.4 is 5.32 Å². The highest BCUT2D eigenvalue weighted by atomic mass is 16.2. The van der Waals surface area contributed by atoms with Crippen LogP contribution in [0.1, 0.15) is 51.9 Å². The van der Waals surface area contributed by atoms with E-state index in [1.807, 2.05) is 0 Å². The minimum absolute atomic E-state index is 0.0840. The fourth-order valence-electron chi connectivity index (χ4n) is 2.69. The van der Waals surface area contributed by atoms with Crippen molar-refractivity contribution in [1.29, 1.82) is 0 Å². The van der Waals surface area contributed by atoms with Gasteiger partial charge >= 0.3 is 0 Å². The Kier molecular flexibility index (Phi) is 4.73. The topological polar surface area (TPSA) is 70.7 Å². The van der Waals surface area contributed by atoms with Crippen LogP contribution in [0.25, 0.3) is 0 Å². The molecule has 0 spiro atoms. The Morgan fingerprint density at radius 2 is 2.22 bits per heavy atom. The number of carbonyl (C=O) groups is 1. The summed E-state index contributed by atoms with van der Waals surface area (Å²) in [5, 5.41) is 9.15. The van der Waals surface area contributed by atoms with E-state index in [1.54, 1.807) is 0 Å². The molecule has 0 aromatic carbocycles. The average Bonchev–Trinajstić information content (AvgIpc) is 2.89. The first kappa shape index (κ1) is 13.1. The molecular formula is C13H22N4O. The third-order valence-corrected chi connectivity index (χ3v) is 3.84. The highest BCUT2D eigenvalue weighted by molar-refractivity contribution is 5.90. The molecule has 1 fully saturated rings. The first-order chi connectivity index (χ1) is 8.79.